The molecule has 0 radical (unpaired) electrons. The summed E-state index contributed by atoms with van der Waals surface area (Å²) in [5.41, 5.74) is 1.02. The van der Waals surface area contributed by atoms with E-state index in [4.69, 9.17) is 4.74 Å². The maximum Gasteiger partial charge on any atom is 0.234 e. The van der Waals surface area contributed by atoms with Gasteiger partial charge in [-0.25, -0.2) is 4.39 Å². The minimum atomic E-state index is -0.365. The number of halogens is 1. The zero-order chi connectivity index (χ0) is 18.5. The maximum atomic E-state index is 13.9. The van der Waals surface area contributed by atoms with Gasteiger partial charge in [0.2, 0.25) is 5.91 Å². The number of nitrogens with zero attached hydrogens (tertiary/aromatic N) is 3. The van der Waals surface area contributed by atoms with Crippen LogP contribution in [0.3, 0.4) is 0 Å². The Morgan fingerprint density at radius 1 is 1.23 bits per heavy atom. The van der Waals surface area contributed by atoms with E-state index in [2.05, 4.69) is 15.5 Å². The highest BCUT2D eigenvalue weighted by atomic mass is 32.2. The second kappa shape index (κ2) is 8.01. The monoisotopic (exact) mass is 372 g/mol. The fourth-order valence-corrected chi connectivity index (χ4v) is 3.06. The molecule has 3 rings (SSSR count). The number of ether oxygens (including phenoxy) is 1. The summed E-state index contributed by atoms with van der Waals surface area (Å²) in [6, 6.07) is 13.5. The minimum Gasteiger partial charge on any atom is -0.497 e. The number of nitrogens with one attached hydrogen (secondary N) is 1. The summed E-state index contributed by atoms with van der Waals surface area (Å²) in [5, 5.41) is 11.4. The van der Waals surface area contributed by atoms with Crippen molar-refractivity contribution in [3.63, 3.8) is 0 Å². The normalized spacial score (nSPS) is 10.6. The van der Waals surface area contributed by atoms with Crippen molar-refractivity contribution in [2.24, 2.45) is 7.05 Å². The summed E-state index contributed by atoms with van der Waals surface area (Å²) in [7, 11) is 3.31. The Balaban J connectivity index is 1.65. The van der Waals surface area contributed by atoms with E-state index in [1.54, 1.807) is 61.2 Å². The van der Waals surface area contributed by atoms with Gasteiger partial charge in [-0.2, -0.15) is 0 Å². The van der Waals surface area contributed by atoms with Gasteiger partial charge in [-0.3, -0.25) is 4.79 Å². The molecule has 134 valence electrons. The molecule has 2 aromatic carbocycles. The van der Waals surface area contributed by atoms with Crippen molar-refractivity contribution in [3.8, 4) is 17.1 Å². The number of thioether (sulfide) groups is 1. The summed E-state index contributed by atoms with van der Waals surface area (Å²) in [6.45, 7) is 0. The number of carbonyl (C=O) groups excluding carboxylic acids is 1. The first kappa shape index (κ1) is 17.9. The van der Waals surface area contributed by atoms with Gasteiger partial charge in [-0.05, 0) is 24.3 Å². The minimum absolute atomic E-state index is 0.153. The van der Waals surface area contributed by atoms with E-state index in [0.29, 0.717) is 28.0 Å². The van der Waals surface area contributed by atoms with Crippen molar-refractivity contribution >= 4 is 23.4 Å². The zero-order valence-electron chi connectivity index (χ0n) is 14.3. The van der Waals surface area contributed by atoms with Crippen molar-refractivity contribution in [1.29, 1.82) is 0 Å². The molecular formula is C18H17FN4O2S. The standard InChI is InChI=1S/C18H17FN4O2S/c1-23-17(14-8-3-4-9-15(14)19)21-22-18(23)26-11-16(24)20-12-6-5-7-13(10-12)25-2/h3-10H,11H2,1-2H3,(H,20,24). The smallest absolute Gasteiger partial charge is 0.234 e. The second-order valence-electron chi connectivity index (χ2n) is 5.41. The SMILES string of the molecule is COc1cccc(NC(=O)CSc2nnc(-c3ccccc3F)n2C)c1. The molecule has 3 aromatic rings. The van der Waals surface area contributed by atoms with E-state index < -0.39 is 0 Å². The summed E-state index contributed by atoms with van der Waals surface area (Å²) in [5.74, 6) is 0.687. The summed E-state index contributed by atoms with van der Waals surface area (Å²) in [4.78, 5) is 12.1. The molecule has 8 heteroatoms. The number of carbonyl (C=O) groups is 1. The Labute approximate surface area is 154 Å². The molecule has 1 amide bonds. The van der Waals surface area contributed by atoms with Gasteiger partial charge in [-0.1, -0.05) is 30.0 Å². The number of hydrogen-bond donors (Lipinski definition) is 1. The third-order valence-corrected chi connectivity index (χ3v) is 4.66. The van der Waals surface area contributed by atoms with Crippen LogP contribution in [0.15, 0.2) is 53.7 Å². The molecule has 0 bridgehead atoms. The third kappa shape index (κ3) is 4.02. The fourth-order valence-electron chi connectivity index (χ4n) is 2.35. The largest absolute Gasteiger partial charge is 0.497 e. The van der Waals surface area contributed by atoms with E-state index in [9.17, 15) is 9.18 Å². The zero-order valence-corrected chi connectivity index (χ0v) is 15.1. The quantitative estimate of drug-likeness (QED) is 0.672. The number of methoxy groups -OCH3 is 1. The lowest BCUT2D eigenvalue weighted by atomic mass is 10.2. The van der Waals surface area contributed by atoms with Crippen LogP contribution in [0.25, 0.3) is 11.4 Å². The Hall–Kier alpha value is -2.87. The van der Waals surface area contributed by atoms with E-state index in [-0.39, 0.29) is 17.5 Å². The first-order chi connectivity index (χ1) is 12.6. The fraction of sp³-hybridized carbons (Fsp3) is 0.167. The molecule has 0 saturated heterocycles. The van der Waals surface area contributed by atoms with E-state index >= 15 is 0 Å². The molecule has 0 fully saturated rings. The van der Waals surface area contributed by atoms with E-state index in [0.717, 1.165) is 0 Å². The topological polar surface area (TPSA) is 69.0 Å². The van der Waals surface area contributed by atoms with Gasteiger partial charge in [0, 0.05) is 18.8 Å². The van der Waals surface area contributed by atoms with Crippen LogP contribution in [0.2, 0.25) is 0 Å². The highest BCUT2D eigenvalue weighted by Crippen LogP contribution is 2.25. The van der Waals surface area contributed by atoms with Crippen molar-refractivity contribution in [3.05, 3.63) is 54.3 Å². The lowest BCUT2D eigenvalue weighted by molar-refractivity contribution is -0.113. The molecule has 1 N–H and O–H groups in total. The van der Waals surface area contributed by atoms with Crippen molar-refractivity contribution in [2.45, 2.75) is 5.16 Å². The van der Waals surface area contributed by atoms with Crippen molar-refractivity contribution < 1.29 is 13.9 Å². The molecule has 1 heterocycles. The van der Waals surface area contributed by atoms with Gasteiger partial charge in [0.1, 0.15) is 11.6 Å². The van der Waals surface area contributed by atoms with Crippen LogP contribution < -0.4 is 10.1 Å². The van der Waals surface area contributed by atoms with E-state index in [1.165, 1.54) is 17.8 Å². The van der Waals surface area contributed by atoms with Crippen LogP contribution in [0, 0.1) is 5.82 Å². The number of hydrogen-bond acceptors (Lipinski definition) is 5. The predicted octanol–water partition coefficient (Wildman–Crippen LogP) is 3.36. The van der Waals surface area contributed by atoms with Crippen LogP contribution >= 0.6 is 11.8 Å². The lowest BCUT2D eigenvalue weighted by Gasteiger charge is -2.07. The number of anilines is 1. The summed E-state index contributed by atoms with van der Waals surface area (Å²) >= 11 is 1.23. The number of benzene rings is 2. The van der Waals surface area contributed by atoms with Crippen LogP contribution in [0.5, 0.6) is 5.75 Å². The molecular weight excluding hydrogens is 355 g/mol. The Kier molecular flexibility index (Phi) is 5.52. The average Bonchev–Trinajstić information content (AvgIpc) is 3.01. The molecule has 26 heavy (non-hydrogen) atoms. The average molecular weight is 372 g/mol. The molecule has 0 atom stereocenters. The van der Waals surface area contributed by atoms with Crippen molar-refractivity contribution in [2.75, 3.05) is 18.2 Å². The van der Waals surface area contributed by atoms with E-state index in [1.807, 2.05) is 0 Å². The van der Waals surface area contributed by atoms with Crippen LogP contribution in [0.4, 0.5) is 10.1 Å². The second-order valence-corrected chi connectivity index (χ2v) is 6.36. The molecule has 0 aliphatic carbocycles. The first-order valence-corrected chi connectivity index (χ1v) is 8.78. The van der Waals surface area contributed by atoms with Gasteiger partial charge in [0.05, 0.1) is 18.4 Å². The number of aromatic nitrogens is 3. The van der Waals surface area contributed by atoms with Crippen LogP contribution in [0.1, 0.15) is 0 Å². The predicted molar refractivity (Wildman–Crippen MR) is 98.7 cm³/mol. The Morgan fingerprint density at radius 2 is 2.04 bits per heavy atom. The molecule has 0 unspecified atom stereocenters. The Bertz CT molecular complexity index is 929. The summed E-state index contributed by atoms with van der Waals surface area (Å²) in [6.07, 6.45) is 0. The van der Waals surface area contributed by atoms with Crippen LogP contribution in [-0.2, 0) is 11.8 Å². The van der Waals surface area contributed by atoms with Gasteiger partial charge >= 0.3 is 0 Å². The Morgan fingerprint density at radius 3 is 2.81 bits per heavy atom. The van der Waals surface area contributed by atoms with Gasteiger partial charge in [-0.15, -0.1) is 10.2 Å². The first-order valence-electron chi connectivity index (χ1n) is 7.79. The molecule has 0 aliphatic rings. The molecule has 6 nitrogen and oxygen atoms in total. The highest BCUT2D eigenvalue weighted by molar-refractivity contribution is 7.99. The maximum absolute atomic E-state index is 13.9. The van der Waals surface area contributed by atoms with Crippen LogP contribution in [-0.4, -0.2) is 33.5 Å². The third-order valence-electron chi connectivity index (χ3n) is 3.64. The summed E-state index contributed by atoms with van der Waals surface area (Å²) < 4.78 is 20.7. The molecule has 0 spiro atoms. The highest BCUT2D eigenvalue weighted by Gasteiger charge is 2.15. The molecule has 0 saturated carbocycles. The molecule has 1 aromatic heterocycles. The molecule has 0 aliphatic heterocycles. The van der Waals surface area contributed by atoms with Gasteiger partial charge in [0.15, 0.2) is 11.0 Å². The van der Waals surface area contributed by atoms with Gasteiger partial charge in [0.25, 0.3) is 0 Å². The lowest BCUT2D eigenvalue weighted by Crippen LogP contribution is -2.14. The number of amides is 1. The van der Waals surface area contributed by atoms with Crippen molar-refractivity contribution in [1.82, 2.24) is 14.8 Å². The van der Waals surface area contributed by atoms with Gasteiger partial charge < -0.3 is 14.6 Å². The number of rotatable bonds is 6.